The normalized spacial score (nSPS) is 12.7. The molecule has 0 fully saturated rings. The molecule has 0 aliphatic rings. The number of nitrogens with zero attached hydrogens (tertiary/aromatic N) is 1. The highest BCUT2D eigenvalue weighted by Crippen LogP contribution is 2.16. The van der Waals surface area contributed by atoms with E-state index in [0.717, 1.165) is 18.8 Å². The Balaban J connectivity index is 2.63. The van der Waals surface area contributed by atoms with E-state index in [1.165, 1.54) is 5.56 Å². The van der Waals surface area contributed by atoms with E-state index in [1.807, 2.05) is 45.0 Å². The fourth-order valence-electron chi connectivity index (χ4n) is 2.14. The smallest absolute Gasteiger partial charge is 0.304 e. The van der Waals surface area contributed by atoms with Crippen LogP contribution in [-0.2, 0) is 11.3 Å². The lowest BCUT2D eigenvalue weighted by Gasteiger charge is -2.26. The van der Waals surface area contributed by atoms with Crippen molar-refractivity contribution in [1.29, 1.82) is 0 Å². The van der Waals surface area contributed by atoms with Gasteiger partial charge in [-0.3, -0.25) is 9.69 Å². The quantitative estimate of drug-likeness (QED) is 0.794. The number of carbonyl (C=O) groups is 1. The van der Waals surface area contributed by atoms with E-state index in [4.69, 9.17) is 9.84 Å². The molecule has 20 heavy (non-hydrogen) atoms. The van der Waals surface area contributed by atoms with Gasteiger partial charge in [0.25, 0.3) is 0 Å². The first kappa shape index (κ1) is 16.5. The molecule has 1 atom stereocenters. The number of aliphatic carboxylic acids is 1. The van der Waals surface area contributed by atoms with Gasteiger partial charge >= 0.3 is 5.97 Å². The number of hydrogen-bond donors (Lipinski definition) is 1. The second-order valence-electron chi connectivity index (χ2n) is 5.32. The van der Waals surface area contributed by atoms with Crippen LogP contribution in [0.4, 0.5) is 0 Å². The van der Waals surface area contributed by atoms with Crippen molar-refractivity contribution in [2.24, 2.45) is 0 Å². The lowest BCUT2D eigenvalue weighted by molar-refractivity contribution is -0.138. The zero-order valence-corrected chi connectivity index (χ0v) is 12.8. The van der Waals surface area contributed by atoms with Gasteiger partial charge in [0, 0.05) is 12.6 Å². The SMILES string of the molecule is CCN(Cc1ccc(OC(C)C)cc1)C(C)CC(=O)O. The van der Waals surface area contributed by atoms with Gasteiger partial charge in [0.2, 0.25) is 0 Å². The molecule has 4 nitrogen and oxygen atoms in total. The average Bonchev–Trinajstić information content (AvgIpc) is 2.36. The minimum Gasteiger partial charge on any atom is -0.491 e. The molecule has 0 spiro atoms. The molecule has 0 saturated carbocycles. The lowest BCUT2D eigenvalue weighted by atomic mass is 10.1. The summed E-state index contributed by atoms with van der Waals surface area (Å²) < 4.78 is 5.61. The van der Waals surface area contributed by atoms with Gasteiger partial charge in [-0.1, -0.05) is 19.1 Å². The van der Waals surface area contributed by atoms with Gasteiger partial charge in [-0.25, -0.2) is 0 Å². The Morgan fingerprint density at radius 1 is 1.25 bits per heavy atom. The van der Waals surface area contributed by atoms with Gasteiger partial charge in [-0.15, -0.1) is 0 Å². The molecule has 0 aromatic heterocycles. The number of carboxylic acids is 1. The minimum atomic E-state index is -0.753. The summed E-state index contributed by atoms with van der Waals surface area (Å²) in [6, 6.07) is 8.03. The number of hydrogen-bond acceptors (Lipinski definition) is 3. The predicted molar refractivity (Wildman–Crippen MR) is 80.0 cm³/mol. The third kappa shape index (κ3) is 5.61. The van der Waals surface area contributed by atoms with Gasteiger partial charge < -0.3 is 9.84 Å². The number of benzene rings is 1. The topological polar surface area (TPSA) is 49.8 Å². The van der Waals surface area contributed by atoms with Crippen LogP contribution in [0.15, 0.2) is 24.3 Å². The summed E-state index contributed by atoms with van der Waals surface area (Å²) in [7, 11) is 0. The molecule has 4 heteroatoms. The molecule has 0 amide bonds. The molecule has 0 aliphatic heterocycles. The molecule has 112 valence electrons. The molecule has 1 rings (SSSR count). The van der Waals surface area contributed by atoms with E-state index in [1.54, 1.807) is 0 Å². The first-order valence-corrected chi connectivity index (χ1v) is 7.13. The van der Waals surface area contributed by atoms with Crippen LogP contribution in [0, 0.1) is 0 Å². The van der Waals surface area contributed by atoms with Crippen LogP contribution in [0.3, 0.4) is 0 Å². The van der Waals surface area contributed by atoms with Crippen molar-refractivity contribution in [3.8, 4) is 5.75 Å². The summed E-state index contributed by atoms with van der Waals surface area (Å²) in [6.45, 7) is 9.59. The van der Waals surface area contributed by atoms with Crippen molar-refractivity contribution in [3.05, 3.63) is 29.8 Å². The van der Waals surface area contributed by atoms with Crippen molar-refractivity contribution >= 4 is 5.97 Å². The van der Waals surface area contributed by atoms with Crippen LogP contribution in [0.25, 0.3) is 0 Å². The highest BCUT2D eigenvalue weighted by Gasteiger charge is 2.15. The molecule has 1 aromatic rings. The maximum absolute atomic E-state index is 10.8. The minimum absolute atomic E-state index is 0.0316. The van der Waals surface area contributed by atoms with E-state index in [9.17, 15) is 4.79 Å². The maximum Gasteiger partial charge on any atom is 0.304 e. The Kier molecular flexibility index (Phi) is 6.52. The largest absolute Gasteiger partial charge is 0.491 e. The summed E-state index contributed by atoms with van der Waals surface area (Å²) in [5, 5.41) is 8.87. The third-order valence-corrected chi connectivity index (χ3v) is 3.18. The van der Waals surface area contributed by atoms with Gasteiger partial charge in [-0.2, -0.15) is 0 Å². The molecule has 1 unspecified atom stereocenters. The Hall–Kier alpha value is -1.55. The Labute approximate surface area is 121 Å². The first-order chi connectivity index (χ1) is 9.42. The number of carboxylic acid groups (broad SMARTS) is 1. The average molecular weight is 279 g/mol. The Morgan fingerprint density at radius 2 is 1.85 bits per heavy atom. The van der Waals surface area contributed by atoms with Crippen LogP contribution in [-0.4, -0.2) is 34.7 Å². The summed E-state index contributed by atoms with van der Waals surface area (Å²) in [4.78, 5) is 12.9. The highest BCUT2D eigenvalue weighted by molar-refractivity contribution is 5.67. The van der Waals surface area contributed by atoms with E-state index in [0.29, 0.717) is 0 Å². The van der Waals surface area contributed by atoms with E-state index >= 15 is 0 Å². The van der Waals surface area contributed by atoms with Crippen LogP contribution in [0.5, 0.6) is 5.75 Å². The lowest BCUT2D eigenvalue weighted by Crippen LogP contribution is -2.34. The second-order valence-corrected chi connectivity index (χ2v) is 5.32. The summed E-state index contributed by atoms with van der Waals surface area (Å²) in [5.41, 5.74) is 1.17. The van der Waals surface area contributed by atoms with Crippen LogP contribution in [0.2, 0.25) is 0 Å². The maximum atomic E-state index is 10.8. The molecule has 0 bridgehead atoms. The van der Waals surface area contributed by atoms with Crippen molar-refractivity contribution in [2.45, 2.75) is 52.8 Å². The van der Waals surface area contributed by atoms with Gasteiger partial charge in [0.05, 0.1) is 12.5 Å². The molecular formula is C16H25NO3. The second kappa shape index (κ2) is 7.90. The van der Waals surface area contributed by atoms with Crippen LogP contribution < -0.4 is 4.74 Å². The van der Waals surface area contributed by atoms with Crippen molar-refractivity contribution in [1.82, 2.24) is 4.90 Å². The molecule has 0 saturated heterocycles. The van der Waals surface area contributed by atoms with Crippen molar-refractivity contribution in [2.75, 3.05) is 6.54 Å². The molecule has 0 aliphatic carbocycles. The molecule has 0 radical (unpaired) electrons. The molecule has 1 N–H and O–H groups in total. The molecule has 1 aromatic carbocycles. The van der Waals surface area contributed by atoms with Gasteiger partial charge in [0.1, 0.15) is 5.75 Å². The highest BCUT2D eigenvalue weighted by atomic mass is 16.5. The van der Waals surface area contributed by atoms with E-state index < -0.39 is 5.97 Å². The van der Waals surface area contributed by atoms with Crippen molar-refractivity contribution < 1.29 is 14.6 Å². The monoisotopic (exact) mass is 279 g/mol. The number of rotatable bonds is 8. The van der Waals surface area contributed by atoms with Crippen LogP contribution >= 0.6 is 0 Å². The van der Waals surface area contributed by atoms with Gasteiger partial charge in [-0.05, 0) is 45.0 Å². The fraction of sp³-hybridized carbons (Fsp3) is 0.562. The zero-order chi connectivity index (χ0) is 15.1. The third-order valence-electron chi connectivity index (χ3n) is 3.18. The Bertz CT molecular complexity index is 414. The van der Waals surface area contributed by atoms with Gasteiger partial charge in [0.15, 0.2) is 0 Å². The first-order valence-electron chi connectivity index (χ1n) is 7.13. The van der Waals surface area contributed by atoms with Crippen LogP contribution in [0.1, 0.15) is 39.7 Å². The predicted octanol–water partition coefficient (Wildman–Crippen LogP) is 3.16. The van der Waals surface area contributed by atoms with E-state index in [2.05, 4.69) is 11.8 Å². The zero-order valence-electron chi connectivity index (χ0n) is 12.8. The summed E-state index contributed by atoms with van der Waals surface area (Å²) in [6.07, 6.45) is 0.339. The van der Waals surface area contributed by atoms with Crippen molar-refractivity contribution in [3.63, 3.8) is 0 Å². The fourth-order valence-corrected chi connectivity index (χ4v) is 2.14. The molecular weight excluding hydrogens is 254 g/mol. The standard InChI is InChI=1S/C16H25NO3/c1-5-17(13(4)10-16(18)19)11-14-6-8-15(9-7-14)20-12(2)3/h6-9,12-13H,5,10-11H2,1-4H3,(H,18,19). The molecule has 0 heterocycles. The van der Waals surface area contributed by atoms with E-state index in [-0.39, 0.29) is 18.6 Å². The summed E-state index contributed by atoms with van der Waals surface area (Å²) in [5.74, 6) is 0.113. The Morgan fingerprint density at radius 3 is 2.30 bits per heavy atom. The summed E-state index contributed by atoms with van der Waals surface area (Å²) >= 11 is 0. The number of ether oxygens (including phenoxy) is 1.